The first kappa shape index (κ1) is 11.3. The maximum Gasteiger partial charge on any atom is 0.259 e. The summed E-state index contributed by atoms with van der Waals surface area (Å²) in [5.74, 6) is 0.681. The van der Waals surface area contributed by atoms with Crippen LogP contribution in [-0.2, 0) is 0 Å². The Kier molecular flexibility index (Phi) is 2.58. The Bertz CT molecular complexity index is 612. The highest BCUT2D eigenvalue weighted by atomic mass is 16.2. The fourth-order valence-corrected chi connectivity index (χ4v) is 2.60. The number of carbonyl (C=O) groups is 1. The van der Waals surface area contributed by atoms with Crippen LogP contribution in [0.25, 0.3) is 10.8 Å². The summed E-state index contributed by atoms with van der Waals surface area (Å²) in [6.07, 6.45) is 1.09. The van der Waals surface area contributed by atoms with Gasteiger partial charge in [-0.05, 0) is 23.4 Å². The van der Waals surface area contributed by atoms with Crippen LogP contribution in [0.15, 0.2) is 36.4 Å². The summed E-state index contributed by atoms with van der Waals surface area (Å²) in [6, 6.07) is 12.1. The standard InChI is InChI=1S/C16H17NO/c1-3-11(2)10-17-14-9-5-7-12-6-4-8-13(15(12)14)16(17)18/h4-9,11H,3,10H2,1-2H3. The highest BCUT2D eigenvalue weighted by molar-refractivity contribution is 6.24. The Morgan fingerprint density at radius 1 is 1.17 bits per heavy atom. The van der Waals surface area contributed by atoms with E-state index in [9.17, 15) is 4.79 Å². The molecular formula is C16H17NO. The second-order valence-electron chi connectivity index (χ2n) is 5.11. The zero-order valence-corrected chi connectivity index (χ0v) is 10.8. The molecule has 0 saturated carbocycles. The fourth-order valence-electron chi connectivity index (χ4n) is 2.60. The zero-order valence-electron chi connectivity index (χ0n) is 10.8. The molecule has 1 atom stereocenters. The molecule has 2 aromatic carbocycles. The van der Waals surface area contributed by atoms with Gasteiger partial charge in [0.1, 0.15) is 0 Å². The summed E-state index contributed by atoms with van der Waals surface area (Å²) in [4.78, 5) is 14.4. The van der Waals surface area contributed by atoms with Gasteiger partial charge in [0.25, 0.3) is 5.91 Å². The average Bonchev–Trinajstić information content (AvgIpc) is 2.67. The van der Waals surface area contributed by atoms with Crippen LogP contribution in [0.2, 0.25) is 0 Å². The first-order valence-electron chi connectivity index (χ1n) is 6.56. The van der Waals surface area contributed by atoms with E-state index in [1.165, 1.54) is 0 Å². The van der Waals surface area contributed by atoms with Crippen molar-refractivity contribution in [2.24, 2.45) is 5.92 Å². The van der Waals surface area contributed by atoms with Gasteiger partial charge >= 0.3 is 0 Å². The van der Waals surface area contributed by atoms with Gasteiger partial charge in [-0.2, -0.15) is 0 Å². The maximum atomic E-state index is 12.5. The monoisotopic (exact) mass is 239 g/mol. The fraction of sp³-hybridized carbons (Fsp3) is 0.312. The zero-order chi connectivity index (χ0) is 12.7. The van der Waals surface area contributed by atoms with Crippen LogP contribution in [0.1, 0.15) is 30.6 Å². The van der Waals surface area contributed by atoms with Crippen molar-refractivity contribution in [2.45, 2.75) is 20.3 Å². The largest absolute Gasteiger partial charge is 0.307 e. The minimum absolute atomic E-state index is 0.155. The number of anilines is 1. The molecule has 1 amide bonds. The van der Waals surface area contributed by atoms with Crippen molar-refractivity contribution in [3.05, 3.63) is 42.0 Å². The lowest BCUT2D eigenvalue weighted by Crippen LogP contribution is -2.31. The van der Waals surface area contributed by atoms with Crippen LogP contribution >= 0.6 is 0 Å². The topological polar surface area (TPSA) is 20.3 Å². The van der Waals surface area contributed by atoms with Gasteiger partial charge in [-0.25, -0.2) is 0 Å². The normalized spacial score (nSPS) is 15.4. The molecule has 0 radical (unpaired) electrons. The molecule has 92 valence electrons. The van der Waals surface area contributed by atoms with Gasteiger partial charge in [0.2, 0.25) is 0 Å². The lowest BCUT2D eigenvalue weighted by atomic mass is 10.1. The Morgan fingerprint density at radius 2 is 1.89 bits per heavy atom. The summed E-state index contributed by atoms with van der Waals surface area (Å²) >= 11 is 0. The van der Waals surface area contributed by atoms with Crippen LogP contribution in [0.3, 0.4) is 0 Å². The van der Waals surface area contributed by atoms with Crippen molar-refractivity contribution < 1.29 is 4.79 Å². The highest BCUT2D eigenvalue weighted by Crippen LogP contribution is 2.37. The van der Waals surface area contributed by atoms with Gasteiger partial charge in [0.05, 0.1) is 5.69 Å². The lowest BCUT2D eigenvalue weighted by molar-refractivity contribution is 0.0989. The molecule has 1 aliphatic heterocycles. The molecule has 1 heterocycles. The van der Waals surface area contributed by atoms with E-state index in [2.05, 4.69) is 32.0 Å². The Hall–Kier alpha value is -1.83. The summed E-state index contributed by atoms with van der Waals surface area (Å²) in [6.45, 7) is 5.17. The summed E-state index contributed by atoms with van der Waals surface area (Å²) < 4.78 is 0. The average molecular weight is 239 g/mol. The van der Waals surface area contributed by atoms with Crippen molar-refractivity contribution in [3.8, 4) is 0 Å². The molecule has 2 heteroatoms. The molecule has 0 aliphatic carbocycles. The highest BCUT2D eigenvalue weighted by Gasteiger charge is 2.29. The van der Waals surface area contributed by atoms with Crippen LogP contribution in [0, 0.1) is 5.92 Å². The summed E-state index contributed by atoms with van der Waals surface area (Å²) in [5, 5.41) is 2.28. The minimum Gasteiger partial charge on any atom is -0.307 e. The van der Waals surface area contributed by atoms with E-state index in [-0.39, 0.29) is 5.91 Å². The lowest BCUT2D eigenvalue weighted by Gasteiger charge is -2.21. The predicted molar refractivity (Wildman–Crippen MR) is 75.1 cm³/mol. The molecule has 1 unspecified atom stereocenters. The Labute approximate surface area is 107 Å². The van der Waals surface area contributed by atoms with E-state index < -0.39 is 0 Å². The number of rotatable bonds is 3. The van der Waals surface area contributed by atoms with E-state index in [4.69, 9.17) is 0 Å². The molecule has 3 rings (SSSR count). The molecule has 18 heavy (non-hydrogen) atoms. The van der Waals surface area contributed by atoms with Gasteiger partial charge in [-0.3, -0.25) is 4.79 Å². The summed E-state index contributed by atoms with van der Waals surface area (Å²) in [7, 11) is 0. The van der Waals surface area contributed by atoms with E-state index >= 15 is 0 Å². The quantitative estimate of drug-likeness (QED) is 0.796. The molecule has 0 fully saturated rings. The Balaban J connectivity index is 2.13. The van der Waals surface area contributed by atoms with E-state index in [1.807, 2.05) is 23.1 Å². The molecule has 0 aromatic heterocycles. The van der Waals surface area contributed by atoms with Crippen molar-refractivity contribution in [1.29, 1.82) is 0 Å². The number of benzene rings is 2. The van der Waals surface area contributed by atoms with Crippen LogP contribution in [-0.4, -0.2) is 12.5 Å². The first-order valence-corrected chi connectivity index (χ1v) is 6.56. The number of amides is 1. The van der Waals surface area contributed by atoms with Crippen molar-refractivity contribution >= 4 is 22.4 Å². The third kappa shape index (κ3) is 1.52. The number of nitrogens with zero attached hydrogens (tertiary/aromatic N) is 1. The molecule has 2 nitrogen and oxygen atoms in total. The Morgan fingerprint density at radius 3 is 2.61 bits per heavy atom. The van der Waals surface area contributed by atoms with Gasteiger partial charge in [0.15, 0.2) is 0 Å². The molecule has 1 aliphatic rings. The van der Waals surface area contributed by atoms with E-state index in [1.54, 1.807) is 0 Å². The van der Waals surface area contributed by atoms with Gasteiger partial charge in [0, 0.05) is 17.5 Å². The maximum absolute atomic E-state index is 12.5. The van der Waals surface area contributed by atoms with E-state index in [0.29, 0.717) is 5.92 Å². The SMILES string of the molecule is CCC(C)CN1C(=O)c2cccc3cccc1c23. The second-order valence-corrected chi connectivity index (χ2v) is 5.11. The van der Waals surface area contributed by atoms with Crippen molar-refractivity contribution in [2.75, 3.05) is 11.4 Å². The van der Waals surface area contributed by atoms with Gasteiger partial charge < -0.3 is 4.90 Å². The van der Waals surface area contributed by atoms with Crippen molar-refractivity contribution in [1.82, 2.24) is 0 Å². The number of hydrogen-bond donors (Lipinski definition) is 0. The molecule has 0 saturated heterocycles. The van der Waals surface area contributed by atoms with Gasteiger partial charge in [-0.15, -0.1) is 0 Å². The third-order valence-corrected chi connectivity index (χ3v) is 3.84. The van der Waals surface area contributed by atoms with Gasteiger partial charge in [-0.1, -0.05) is 44.5 Å². The molecule has 0 N–H and O–H groups in total. The third-order valence-electron chi connectivity index (χ3n) is 3.84. The minimum atomic E-state index is 0.155. The van der Waals surface area contributed by atoms with Crippen LogP contribution in [0.5, 0.6) is 0 Å². The van der Waals surface area contributed by atoms with Crippen LogP contribution in [0.4, 0.5) is 5.69 Å². The van der Waals surface area contributed by atoms with E-state index in [0.717, 1.165) is 35.0 Å². The number of hydrogen-bond acceptors (Lipinski definition) is 1. The molecule has 2 aromatic rings. The van der Waals surface area contributed by atoms with Crippen LogP contribution < -0.4 is 4.90 Å². The second kappa shape index (κ2) is 4.13. The van der Waals surface area contributed by atoms with Crippen molar-refractivity contribution in [3.63, 3.8) is 0 Å². The first-order chi connectivity index (χ1) is 8.72. The molecular weight excluding hydrogens is 222 g/mol. The smallest absolute Gasteiger partial charge is 0.259 e. The predicted octanol–water partition coefficient (Wildman–Crippen LogP) is 3.85. The molecule has 0 spiro atoms. The number of carbonyl (C=O) groups excluding carboxylic acids is 1. The molecule has 0 bridgehead atoms. The summed E-state index contributed by atoms with van der Waals surface area (Å²) in [5.41, 5.74) is 1.93.